The summed E-state index contributed by atoms with van der Waals surface area (Å²) in [5, 5.41) is 10.4. The molecule has 0 aromatic heterocycles. The zero-order chi connectivity index (χ0) is 16.6. The van der Waals surface area contributed by atoms with Gasteiger partial charge in [0.15, 0.2) is 0 Å². The van der Waals surface area contributed by atoms with Crippen LogP contribution in [0.2, 0.25) is 0 Å². The van der Waals surface area contributed by atoms with Crippen LogP contribution >= 0.6 is 0 Å². The predicted octanol–water partition coefficient (Wildman–Crippen LogP) is 4.56. The number of Topliss-reactive ketones (excluding diaryl/α,β-unsaturated/α-hetero) is 1. The van der Waals surface area contributed by atoms with Crippen LogP contribution in [0.4, 0.5) is 8.78 Å². The van der Waals surface area contributed by atoms with E-state index < -0.39 is 17.9 Å². The van der Waals surface area contributed by atoms with E-state index in [1.807, 2.05) is 0 Å². The number of hydrogen-bond donors (Lipinski definition) is 1. The first-order valence-electron chi connectivity index (χ1n) is 8.36. The fourth-order valence-electron chi connectivity index (χ4n) is 3.78. The minimum Gasteiger partial charge on any atom is -0.508 e. The summed E-state index contributed by atoms with van der Waals surface area (Å²) < 4.78 is 33.5. The van der Waals surface area contributed by atoms with Crippen LogP contribution in [-0.2, 0) is 11.2 Å². The van der Waals surface area contributed by atoms with Crippen LogP contribution in [-0.4, -0.2) is 17.0 Å². The van der Waals surface area contributed by atoms with Crippen molar-refractivity contribution in [1.82, 2.24) is 0 Å². The number of aryl methyl sites for hydroxylation is 1. The molecule has 1 aromatic rings. The minimum absolute atomic E-state index is 0.0193. The van der Waals surface area contributed by atoms with Gasteiger partial charge in [-0.1, -0.05) is 19.8 Å². The number of ketones is 1. The van der Waals surface area contributed by atoms with E-state index in [1.54, 1.807) is 12.1 Å². The fourth-order valence-corrected chi connectivity index (χ4v) is 3.78. The molecule has 2 aliphatic rings. The lowest BCUT2D eigenvalue weighted by atomic mass is 9.72. The minimum atomic E-state index is -3.28. The van der Waals surface area contributed by atoms with Gasteiger partial charge in [0.05, 0.1) is 5.92 Å². The molecule has 126 valence electrons. The molecule has 1 fully saturated rings. The van der Waals surface area contributed by atoms with Gasteiger partial charge in [-0.3, -0.25) is 4.79 Å². The normalized spacial score (nSPS) is 25.4. The quantitative estimate of drug-likeness (QED) is 0.826. The number of rotatable bonds is 4. The van der Waals surface area contributed by atoms with E-state index in [-0.39, 0.29) is 36.5 Å². The second-order valence-corrected chi connectivity index (χ2v) is 6.64. The number of hydrogen-bond acceptors (Lipinski definition) is 3. The maximum atomic E-state index is 14.3. The molecule has 0 radical (unpaired) electrons. The Bertz CT molecular complexity index is 613. The number of benzene rings is 1. The Morgan fingerprint density at radius 2 is 2.13 bits per heavy atom. The van der Waals surface area contributed by atoms with Crippen LogP contribution in [0.3, 0.4) is 0 Å². The van der Waals surface area contributed by atoms with Crippen molar-refractivity contribution in [2.24, 2.45) is 5.92 Å². The molecule has 0 amide bonds. The van der Waals surface area contributed by atoms with E-state index in [0.29, 0.717) is 5.56 Å². The van der Waals surface area contributed by atoms with Gasteiger partial charge in [0.1, 0.15) is 17.3 Å². The average Bonchev–Trinajstić information content (AvgIpc) is 2.46. The molecular formula is C18H22F2O3. The van der Waals surface area contributed by atoms with Crippen LogP contribution < -0.4 is 4.74 Å². The molecule has 1 N–H and O–H groups in total. The monoisotopic (exact) mass is 324 g/mol. The van der Waals surface area contributed by atoms with Crippen molar-refractivity contribution in [3.63, 3.8) is 0 Å². The molecule has 1 unspecified atom stereocenters. The van der Waals surface area contributed by atoms with Crippen molar-refractivity contribution in [1.29, 1.82) is 0 Å². The summed E-state index contributed by atoms with van der Waals surface area (Å²) in [7, 11) is 0. The van der Waals surface area contributed by atoms with Gasteiger partial charge in [-0.05, 0) is 37.0 Å². The number of carbonyl (C=O) groups excluding carboxylic acids is 1. The van der Waals surface area contributed by atoms with Crippen LogP contribution in [0, 0.1) is 5.92 Å². The molecule has 1 aliphatic carbocycles. The van der Waals surface area contributed by atoms with Crippen molar-refractivity contribution in [2.45, 2.75) is 63.9 Å². The number of aromatic hydroxyl groups is 1. The summed E-state index contributed by atoms with van der Waals surface area (Å²) in [4.78, 5) is 11.7. The van der Waals surface area contributed by atoms with Crippen molar-refractivity contribution >= 4 is 5.78 Å². The topological polar surface area (TPSA) is 46.5 Å². The van der Waals surface area contributed by atoms with Gasteiger partial charge in [-0.2, -0.15) is 8.78 Å². The Hall–Kier alpha value is -1.65. The van der Waals surface area contributed by atoms with Crippen LogP contribution in [0.5, 0.6) is 11.5 Å². The summed E-state index contributed by atoms with van der Waals surface area (Å²) in [6.07, 6.45) is 0.808. The highest BCUT2D eigenvalue weighted by molar-refractivity contribution is 5.81. The number of alkyl halides is 2. The lowest BCUT2D eigenvalue weighted by molar-refractivity contribution is -0.234. The SMILES string of the molecule is CCCCCc1cc(O)c2c(c1)OC(F)(F)[C@@H]1CCC(=O)CC21. The first-order chi connectivity index (χ1) is 10.9. The maximum absolute atomic E-state index is 14.3. The molecule has 2 atom stereocenters. The molecule has 23 heavy (non-hydrogen) atoms. The third-order valence-electron chi connectivity index (χ3n) is 4.96. The van der Waals surface area contributed by atoms with E-state index in [2.05, 4.69) is 6.92 Å². The summed E-state index contributed by atoms with van der Waals surface area (Å²) >= 11 is 0. The van der Waals surface area contributed by atoms with Crippen LogP contribution in [0.25, 0.3) is 0 Å². The van der Waals surface area contributed by atoms with Gasteiger partial charge in [0.25, 0.3) is 0 Å². The highest BCUT2D eigenvalue weighted by Gasteiger charge is 2.54. The summed E-state index contributed by atoms with van der Waals surface area (Å²) in [6.45, 7) is 2.09. The molecule has 1 aromatic carbocycles. The third kappa shape index (κ3) is 3.06. The first kappa shape index (κ1) is 16.2. The number of unbranched alkanes of at least 4 members (excludes halogenated alkanes) is 2. The van der Waals surface area contributed by atoms with Gasteiger partial charge >= 0.3 is 6.11 Å². The Balaban J connectivity index is 1.96. The van der Waals surface area contributed by atoms with E-state index in [0.717, 1.165) is 31.2 Å². The molecule has 1 aliphatic heterocycles. The number of carbonyl (C=O) groups is 1. The van der Waals surface area contributed by atoms with Gasteiger partial charge in [0.2, 0.25) is 0 Å². The molecular weight excluding hydrogens is 302 g/mol. The number of ether oxygens (including phenoxy) is 1. The van der Waals surface area contributed by atoms with Crippen molar-refractivity contribution in [3.05, 3.63) is 23.3 Å². The Labute approximate surface area is 134 Å². The van der Waals surface area contributed by atoms with E-state index in [9.17, 15) is 18.7 Å². The van der Waals surface area contributed by atoms with Gasteiger partial charge in [0, 0.05) is 24.3 Å². The summed E-state index contributed by atoms with van der Waals surface area (Å²) in [6, 6.07) is 3.24. The second-order valence-electron chi connectivity index (χ2n) is 6.64. The third-order valence-corrected chi connectivity index (χ3v) is 4.96. The van der Waals surface area contributed by atoms with E-state index in [4.69, 9.17) is 4.74 Å². The Morgan fingerprint density at radius 3 is 2.87 bits per heavy atom. The van der Waals surface area contributed by atoms with Crippen LogP contribution in [0.15, 0.2) is 12.1 Å². The number of phenolic OH excluding ortho intramolecular Hbond substituents is 1. The second kappa shape index (κ2) is 6.10. The Kier molecular flexibility index (Phi) is 4.30. The standard InChI is InChI=1S/C18H22F2O3/c1-2-3-4-5-11-8-15(22)17-13-10-12(21)6-7-14(13)18(19,20)23-16(17)9-11/h8-9,13-14,22H,2-7,10H2,1H3/t13?,14-/m1/s1. The molecule has 3 nitrogen and oxygen atoms in total. The average molecular weight is 324 g/mol. The lowest BCUT2D eigenvalue weighted by Gasteiger charge is -2.41. The smallest absolute Gasteiger partial charge is 0.401 e. The van der Waals surface area contributed by atoms with Crippen molar-refractivity contribution in [3.8, 4) is 11.5 Å². The maximum Gasteiger partial charge on any atom is 0.401 e. The van der Waals surface area contributed by atoms with Gasteiger partial charge in [-0.25, -0.2) is 0 Å². The largest absolute Gasteiger partial charge is 0.508 e. The molecule has 3 rings (SSSR count). The van der Waals surface area contributed by atoms with Gasteiger partial charge < -0.3 is 9.84 Å². The van der Waals surface area contributed by atoms with Crippen LogP contribution in [0.1, 0.15) is 62.5 Å². The molecule has 1 heterocycles. The highest BCUT2D eigenvalue weighted by atomic mass is 19.3. The first-order valence-corrected chi connectivity index (χ1v) is 8.36. The molecule has 0 spiro atoms. The molecule has 1 saturated carbocycles. The highest BCUT2D eigenvalue weighted by Crippen LogP contribution is 2.54. The molecule has 5 heteroatoms. The lowest BCUT2D eigenvalue weighted by Crippen LogP contribution is -2.45. The molecule has 0 bridgehead atoms. The zero-order valence-corrected chi connectivity index (χ0v) is 13.3. The predicted molar refractivity (Wildman–Crippen MR) is 82.0 cm³/mol. The molecule has 0 saturated heterocycles. The number of phenols is 1. The van der Waals surface area contributed by atoms with Gasteiger partial charge in [-0.15, -0.1) is 0 Å². The number of fused-ring (bicyclic) bond motifs is 3. The summed E-state index contributed by atoms with van der Waals surface area (Å²) in [5.41, 5.74) is 1.18. The number of halogens is 2. The van der Waals surface area contributed by atoms with Crippen molar-refractivity contribution < 1.29 is 23.4 Å². The zero-order valence-electron chi connectivity index (χ0n) is 13.3. The van der Waals surface area contributed by atoms with Crippen molar-refractivity contribution in [2.75, 3.05) is 0 Å². The fraction of sp³-hybridized carbons (Fsp3) is 0.611. The summed E-state index contributed by atoms with van der Waals surface area (Å²) in [5.74, 6) is -1.70. The van der Waals surface area contributed by atoms with E-state index in [1.165, 1.54) is 0 Å². The Morgan fingerprint density at radius 1 is 1.35 bits per heavy atom. The van der Waals surface area contributed by atoms with E-state index >= 15 is 0 Å².